The van der Waals surface area contributed by atoms with E-state index in [-0.39, 0.29) is 12.4 Å². The predicted octanol–water partition coefficient (Wildman–Crippen LogP) is 3.98. The molecule has 0 spiro atoms. The zero-order chi connectivity index (χ0) is 16.0. The zero-order valence-corrected chi connectivity index (χ0v) is 15.1. The standard InChI is InChI=1S/C19H19ClN2O.ClH/c1-2-13-4-6-14(7-5-13)19(23)17-9-8-15(20)12-16(17)18-21-10-3-11-22(18)19;/h4-9,12,23H,2-3,10-11H2,1H3;1H. The summed E-state index contributed by atoms with van der Waals surface area (Å²) in [4.78, 5) is 6.66. The van der Waals surface area contributed by atoms with Crippen LogP contribution in [0.3, 0.4) is 0 Å². The van der Waals surface area contributed by atoms with Gasteiger partial charge >= 0.3 is 0 Å². The largest absolute Gasteiger partial charge is 0.363 e. The Hall–Kier alpha value is -1.55. The summed E-state index contributed by atoms with van der Waals surface area (Å²) in [5.41, 5.74) is 2.79. The Balaban J connectivity index is 0.00000169. The fraction of sp³-hybridized carbons (Fsp3) is 0.316. The summed E-state index contributed by atoms with van der Waals surface area (Å²) in [6, 6.07) is 13.9. The minimum Gasteiger partial charge on any atom is -0.363 e. The van der Waals surface area contributed by atoms with Gasteiger partial charge < -0.3 is 10.0 Å². The highest BCUT2D eigenvalue weighted by Gasteiger charge is 2.48. The summed E-state index contributed by atoms with van der Waals surface area (Å²) in [6.07, 6.45) is 1.93. The van der Waals surface area contributed by atoms with Crippen molar-refractivity contribution in [2.75, 3.05) is 13.1 Å². The van der Waals surface area contributed by atoms with Crippen LogP contribution in [-0.2, 0) is 12.1 Å². The SMILES string of the molecule is CCc1ccc(C2(O)c3ccc(Cl)cc3C3=NCCCN32)cc1.Cl. The van der Waals surface area contributed by atoms with Crippen molar-refractivity contribution in [2.45, 2.75) is 25.5 Å². The molecular weight excluding hydrogens is 343 g/mol. The van der Waals surface area contributed by atoms with E-state index in [9.17, 15) is 5.11 Å². The third kappa shape index (κ3) is 2.43. The lowest BCUT2D eigenvalue weighted by Gasteiger charge is -2.37. The fourth-order valence-electron chi connectivity index (χ4n) is 3.59. The first-order valence-corrected chi connectivity index (χ1v) is 8.46. The Morgan fingerprint density at radius 2 is 1.96 bits per heavy atom. The zero-order valence-electron chi connectivity index (χ0n) is 13.5. The van der Waals surface area contributed by atoms with Crippen molar-refractivity contribution in [1.82, 2.24) is 4.90 Å². The van der Waals surface area contributed by atoms with Crippen molar-refractivity contribution < 1.29 is 5.11 Å². The number of halogens is 2. The highest BCUT2D eigenvalue weighted by atomic mass is 35.5. The Morgan fingerprint density at radius 1 is 1.21 bits per heavy atom. The van der Waals surface area contributed by atoms with Crippen LogP contribution in [0, 0.1) is 0 Å². The van der Waals surface area contributed by atoms with Crippen LogP contribution in [0.1, 0.15) is 35.6 Å². The normalized spacial score (nSPS) is 21.6. The van der Waals surface area contributed by atoms with Crippen LogP contribution in [0.5, 0.6) is 0 Å². The van der Waals surface area contributed by atoms with Gasteiger partial charge in [0.2, 0.25) is 0 Å². The molecule has 24 heavy (non-hydrogen) atoms. The van der Waals surface area contributed by atoms with Gasteiger partial charge in [0.25, 0.3) is 0 Å². The van der Waals surface area contributed by atoms with E-state index in [0.717, 1.165) is 48.5 Å². The van der Waals surface area contributed by atoms with Crippen molar-refractivity contribution in [2.24, 2.45) is 4.99 Å². The second-order valence-corrected chi connectivity index (χ2v) is 6.56. The van der Waals surface area contributed by atoms with E-state index in [2.05, 4.69) is 24.0 Å². The number of hydrogen-bond acceptors (Lipinski definition) is 3. The first-order valence-electron chi connectivity index (χ1n) is 8.09. The highest BCUT2D eigenvalue weighted by Crippen LogP contribution is 2.44. The summed E-state index contributed by atoms with van der Waals surface area (Å²) in [7, 11) is 0. The molecule has 0 saturated heterocycles. The summed E-state index contributed by atoms with van der Waals surface area (Å²) in [5.74, 6) is 0.857. The molecule has 0 amide bonds. The Labute approximate surface area is 153 Å². The molecule has 2 heterocycles. The number of aliphatic hydroxyl groups is 1. The van der Waals surface area contributed by atoms with E-state index < -0.39 is 5.72 Å². The fourth-order valence-corrected chi connectivity index (χ4v) is 3.76. The molecule has 1 unspecified atom stereocenters. The Bertz CT molecular complexity index is 788. The van der Waals surface area contributed by atoms with Crippen molar-refractivity contribution in [3.05, 3.63) is 69.7 Å². The van der Waals surface area contributed by atoms with Gasteiger partial charge in [0.1, 0.15) is 5.84 Å². The molecule has 0 bridgehead atoms. The number of nitrogens with zero attached hydrogens (tertiary/aromatic N) is 2. The van der Waals surface area contributed by atoms with Gasteiger partial charge in [0.15, 0.2) is 5.72 Å². The van der Waals surface area contributed by atoms with Gasteiger partial charge in [-0.1, -0.05) is 48.9 Å². The van der Waals surface area contributed by atoms with Crippen LogP contribution in [0.4, 0.5) is 0 Å². The molecule has 2 aliphatic rings. The number of fused-ring (bicyclic) bond motifs is 3. The first kappa shape index (κ1) is 17.3. The van der Waals surface area contributed by atoms with Gasteiger partial charge in [-0.2, -0.15) is 0 Å². The first-order chi connectivity index (χ1) is 11.1. The van der Waals surface area contributed by atoms with E-state index in [4.69, 9.17) is 11.6 Å². The smallest absolute Gasteiger partial charge is 0.193 e. The van der Waals surface area contributed by atoms with E-state index >= 15 is 0 Å². The van der Waals surface area contributed by atoms with Crippen LogP contribution in [0.15, 0.2) is 47.5 Å². The van der Waals surface area contributed by atoms with Gasteiger partial charge in [0, 0.05) is 34.8 Å². The molecule has 0 aliphatic carbocycles. The maximum absolute atomic E-state index is 11.7. The molecule has 0 saturated carbocycles. The summed E-state index contributed by atoms with van der Waals surface area (Å²) >= 11 is 6.18. The van der Waals surface area contributed by atoms with E-state index in [0.29, 0.717) is 5.02 Å². The van der Waals surface area contributed by atoms with Crippen LogP contribution in [0.2, 0.25) is 5.02 Å². The molecule has 4 rings (SSSR count). The molecule has 2 aliphatic heterocycles. The molecule has 2 aromatic rings. The number of amidine groups is 1. The Kier molecular flexibility index (Phi) is 4.60. The highest BCUT2D eigenvalue weighted by molar-refractivity contribution is 6.31. The van der Waals surface area contributed by atoms with Crippen LogP contribution in [0.25, 0.3) is 0 Å². The minimum atomic E-state index is -1.16. The van der Waals surface area contributed by atoms with E-state index in [1.165, 1.54) is 5.56 Å². The molecule has 0 radical (unpaired) electrons. The number of rotatable bonds is 2. The summed E-state index contributed by atoms with van der Waals surface area (Å²) in [5, 5.41) is 12.3. The molecule has 0 aromatic heterocycles. The van der Waals surface area contributed by atoms with Gasteiger partial charge in [-0.15, -0.1) is 12.4 Å². The van der Waals surface area contributed by atoms with Crippen LogP contribution < -0.4 is 0 Å². The third-order valence-electron chi connectivity index (χ3n) is 4.81. The third-order valence-corrected chi connectivity index (χ3v) is 5.05. The summed E-state index contributed by atoms with van der Waals surface area (Å²) in [6.45, 7) is 3.71. The maximum atomic E-state index is 11.7. The monoisotopic (exact) mass is 362 g/mol. The molecule has 126 valence electrons. The molecule has 1 N–H and O–H groups in total. The van der Waals surface area contributed by atoms with Crippen molar-refractivity contribution in [1.29, 1.82) is 0 Å². The molecule has 2 aromatic carbocycles. The maximum Gasteiger partial charge on any atom is 0.193 e. The predicted molar refractivity (Wildman–Crippen MR) is 100 cm³/mol. The van der Waals surface area contributed by atoms with E-state index in [1.54, 1.807) is 0 Å². The summed E-state index contributed by atoms with van der Waals surface area (Å²) < 4.78 is 0. The van der Waals surface area contributed by atoms with Crippen molar-refractivity contribution in [3.8, 4) is 0 Å². The van der Waals surface area contributed by atoms with E-state index in [1.807, 2.05) is 35.2 Å². The molecular formula is C19H20Cl2N2O. The number of hydrogen-bond donors (Lipinski definition) is 1. The van der Waals surface area contributed by atoms with Gasteiger partial charge in [-0.05, 0) is 30.5 Å². The van der Waals surface area contributed by atoms with Crippen LogP contribution in [-0.4, -0.2) is 28.9 Å². The lowest BCUT2D eigenvalue weighted by molar-refractivity contribution is -0.0317. The molecule has 0 fully saturated rings. The van der Waals surface area contributed by atoms with Crippen LogP contribution >= 0.6 is 24.0 Å². The number of benzene rings is 2. The lowest BCUT2D eigenvalue weighted by Crippen LogP contribution is -2.47. The molecule has 3 nitrogen and oxygen atoms in total. The molecule has 5 heteroatoms. The Morgan fingerprint density at radius 3 is 2.67 bits per heavy atom. The van der Waals surface area contributed by atoms with Gasteiger partial charge in [-0.25, -0.2) is 0 Å². The van der Waals surface area contributed by atoms with Gasteiger partial charge in [0.05, 0.1) is 0 Å². The average molecular weight is 363 g/mol. The quantitative estimate of drug-likeness (QED) is 0.876. The second kappa shape index (κ2) is 6.40. The number of aryl methyl sites for hydroxylation is 1. The lowest BCUT2D eigenvalue weighted by atomic mass is 9.93. The minimum absolute atomic E-state index is 0. The topological polar surface area (TPSA) is 35.8 Å². The van der Waals surface area contributed by atoms with Crippen molar-refractivity contribution >= 4 is 29.8 Å². The average Bonchev–Trinajstić information content (AvgIpc) is 2.85. The van der Waals surface area contributed by atoms with Gasteiger partial charge in [-0.3, -0.25) is 4.99 Å². The van der Waals surface area contributed by atoms with Crippen molar-refractivity contribution in [3.63, 3.8) is 0 Å². The molecule has 1 atom stereocenters. The number of aliphatic imine (C=N–C) groups is 1. The second-order valence-electron chi connectivity index (χ2n) is 6.12.